The van der Waals surface area contributed by atoms with Gasteiger partial charge in [0.1, 0.15) is 0 Å². The number of hydrogen-bond donors (Lipinski definition) is 1. The van der Waals surface area contributed by atoms with Crippen molar-refractivity contribution in [2.45, 2.75) is 31.5 Å². The van der Waals surface area contributed by atoms with E-state index in [1.807, 2.05) is 0 Å². The second kappa shape index (κ2) is 6.55. The van der Waals surface area contributed by atoms with E-state index < -0.39 is 0 Å². The smallest absolute Gasteiger partial charge is 0.0712 e. The van der Waals surface area contributed by atoms with Crippen molar-refractivity contribution in [3.63, 3.8) is 0 Å². The molecule has 94 valence electrons. The molecule has 0 aromatic heterocycles. The monoisotopic (exact) mass is 228 g/mol. The zero-order chi connectivity index (χ0) is 11.2. The van der Waals surface area contributed by atoms with Crippen molar-refractivity contribution in [2.24, 2.45) is 0 Å². The second-order valence-corrected chi connectivity index (χ2v) is 4.88. The molecular formula is C12H24N2O2. The molecule has 0 aliphatic carbocycles. The number of nitrogens with one attached hydrogen (secondary N) is 1. The first-order chi connectivity index (χ1) is 7.84. The third kappa shape index (κ3) is 4.01. The maximum absolute atomic E-state index is 5.68. The van der Waals surface area contributed by atoms with Crippen LogP contribution in [0.3, 0.4) is 0 Å². The molecule has 2 aliphatic rings. The Labute approximate surface area is 98.3 Å². The predicted octanol–water partition coefficient (Wildman–Crippen LogP) is 0.476. The quantitative estimate of drug-likeness (QED) is 0.742. The van der Waals surface area contributed by atoms with E-state index in [-0.39, 0.29) is 0 Å². The van der Waals surface area contributed by atoms with Crippen LogP contribution >= 0.6 is 0 Å². The average Bonchev–Trinajstić information content (AvgIpc) is 2.81. The molecule has 4 heteroatoms. The van der Waals surface area contributed by atoms with E-state index in [4.69, 9.17) is 9.47 Å². The van der Waals surface area contributed by atoms with Crippen LogP contribution < -0.4 is 5.32 Å². The molecule has 2 aliphatic heterocycles. The van der Waals surface area contributed by atoms with Crippen LogP contribution in [0.4, 0.5) is 0 Å². The summed E-state index contributed by atoms with van der Waals surface area (Å²) in [5.74, 6) is 0. The summed E-state index contributed by atoms with van der Waals surface area (Å²) in [6.07, 6.45) is 4.45. The largest absolute Gasteiger partial charge is 0.377 e. The molecule has 2 heterocycles. The normalized spacial score (nSPS) is 31.1. The molecule has 0 spiro atoms. The van der Waals surface area contributed by atoms with Crippen molar-refractivity contribution < 1.29 is 9.47 Å². The molecule has 0 aromatic rings. The number of ether oxygens (including phenoxy) is 2. The van der Waals surface area contributed by atoms with Crippen molar-refractivity contribution in [2.75, 3.05) is 46.4 Å². The van der Waals surface area contributed by atoms with E-state index in [1.54, 1.807) is 0 Å². The molecule has 4 nitrogen and oxygen atoms in total. The standard InChI is InChI=1S/C12H24N2O2/c1-14(10-12-3-2-7-15-12)6-4-11-9-13-5-8-16-11/h11-13H,2-10H2,1H3. The van der Waals surface area contributed by atoms with Gasteiger partial charge in [0, 0.05) is 32.8 Å². The average molecular weight is 228 g/mol. The lowest BCUT2D eigenvalue weighted by molar-refractivity contribution is 0.0148. The third-order valence-electron chi connectivity index (χ3n) is 3.38. The van der Waals surface area contributed by atoms with Gasteiger partial charge >= 0.3 is 0 Å². The van der Waals surface area contributed by atoms with Gasteiger partial charge < -0.3 is 19.7 Å². The summed E-state index contributed by atoms with van der Waals surface area (Å²) in [5.41, 5.74) is 0. The Hall–Kier alpha value is -0.160. The third-order valence-corrected chi connectivity index (χ3v) is 3.38. The maximum Gasteiger partial charge on any atom is 0.0712 e. The van der Waals surface area contributed by atoms with Crippen LogP contribution in [0.5, 0.6) is 0 Å². The number of hydrogen-bond acceptors (Lipinski definition) is 4. The Bertz CT molecular complexity index is 189. The first kappa shape index (κ1) is 12.3. The predicted molar refractivity (Wildman–Crippen MR) is 63.7 cm³/mol. The molecule has 2 unspecified atom stereocenters. The van der Waals surface area contributed by atoms with Gasteiger partial charge in [-0.1, -0.05) is 0 Å². The lowest BCUT2D eigenvalue weighted by atomic mass is 10.2. The van der Waals surface area contributed by atoms with Crippen LogP contribution in [-0.2, 0) is 9.47 Å². The topological polar surface area (TPSA) is 33.7 Å². The molecule has 2 atom stereocenters. The zero-order valence-corrected chi connectivity index (χ0v) is 10.3. The van der Waals surface area contributed by atoms with Crippen LogP contribution in [0.2, 0.25) is 0 Å². The van der Waals surface area contributed by atoms with E-state index in [0.29, 0.717) is 12.2 Å². The van der Waals surface area contributed by atoms with Gasteiger partial charge in [0.15, 0.2) is 0 Å². The fourth-order valence-electron chi connectivity index (χ4n) is 2.40. The van der Waals surface area contributed by atoms with Crippen molar-refractivity contribution in [3.05, 3.63) is 0 Å². The van der Waals surface area contributed by atoms with Crippen LogP contribution in [0.25, 0.3) is 0 Å². The van der Waals surface area contributed by atoms with Gasteiger partial charge in [-0.05, 0) is 26.3 Å². The van der Waals surface area contributed by atoms with Gasteiger partial charge in [-0.25, -0.2) is 0 Å². The minimum atomic E-state index is 0.403. The summed E-state index contributed by atoms with van der Waals surface area (Å²) in [5, 5.41) is 3.36. The maximum atomic E-state index is 5.68. The Morgan fingerprint density at radius 3 is 2.81 bits per heavy atom. The number of morpholine rings is 1. The van der Waals surface area contributed by atoms with E-state index >= 15 is 0 Å². The minimum Gasteiger partial charge on any atom is -0.377 e. The van der Waals surface area contributed by atoms with E-state index in [1.165, 1.54) is 12.8 Å². The Balaban J connectivity index is 1.57. The Morgan fingerprint density at radius 2 is 2.12 bits per heavy atom. The highest BCUT2D eigenvalue weighted by molar-refractivity contribution is 4.72. The van der Waals surface area contributed by atoms with Crippen LogP contribution in [0.1, 0.15) is 19.3 Å². The van der Waals surface area contributed by atoms with Gasteiger partial charge in [-0.3, -0.25) is 0 Å². The summed E-state index contributed by atoms with van der Waals surface area (Å²) < 4.78 is 11.3. The lowest BCUT2D eigenvalue weighted by Gasteiger charge is -2.26. The fourth-order valence-corrected chi connectivity index (χ4v) is 2.40. The van der Waals surface area contributed by atoms with Gasteiger partial charge in [-0.2, -0.15) is 0 Å². The molecule has 0 saturated carbocycles. The number of nitrogens with zero attached hydrogens (tertiary/aromatic N) is 1. The highest BCUT2D eigenvalue weighted by Gasteiger charge is 2.18. The molecular weight excluding hydrogens is 204 g/mol. The molecule has 0 radical (unpaired) electrons. The van der Waals surface area contributed by atoms with Crippen molar-refractivity contribution >= 4 is 0 Å². The summed E-state index contributed by atoms with van der Waals surface area (Å²) in [6.45, 7) is 6.00. The molecule has 0 amide bonds. The lowest BCUT2D eigenvalue weighted by Crippen LogP contribution is -2.40. The van der Waals surface area contributed by atoms with E-state index in [0.717, 1.165) is 45.8 Å². The summed E-state index contributed by atoms with van der Waals surface area (Å²) in [6, 6.07) is 0. The van der Waals surface area contributed by atoms with Gasteiger partial charge in [0.25, 0.3) is 0 Å². The van der Waals surface area contributed by atoms with Gasteiger partial charge in [0.05, 0.1) is 18.8 Å². The minimum absolute atomic E-state index is 0.403. The molecule has 2 rings (SSSR count). The molecule has 0 aromatic carbocycles. The van der Waals surface area contributed by atoms with Crippen LogP contribution in [-0.4, -0.2) is 63.5 Å². The SMILES string of the molecule is CN(CCC1CNCCO1)CC1CCCO1. The van der Waals surface area contributed by atoms with Crippen molar-refractivity contribution in [3.8, 4) is 0 Å². The highest BCUT2D eigenvalue weighted by Crippen LogP contribution is 2.13. The summed E-state index contributed by atoms with van der Waals surface area (Å²) in [4.78, 5) is 2.37. The highest BCUT2D eigenvalue weighted by atomic mass is 16.5. The van der Waals surface area contributed by atoms with E-state index in [2.05, 4.69) is 17.3 Å². The fraction of sp³-hybridized carbons (Fsp3) is 1.00. The van der Waals surface area contributed by atoms with Crippen molar-refractivity contribution in [1.29, 1.82) is 0 Å². The first-order valence-electron chi connectivity index (χ1n) is 6.47. The number of likely N-dealkylation sites (N-methyl/N-ethyl adjacent to an activating group) is 1. The summed E-state index contributed by atoms with van der Waals surface area (Å²) >= 11 is 0. The van der Waals surface area contributed by atoms with Crippen LogP contribution in [0.15, 0.2) is 0 Å². The van der Waals surface area contributed by atoms with E-state index in [9.17, 15) is 0 Å². The van der Waals surface area contributed by atoms with Gasteiger partial charge in [0.2, 0.25) is 0 Å². The first-order valence-corrected chi connectivity index (χ1v) is 6.47. The Morgan fingerprint density at radius 1 is 1.25 bits per heavy atom. The Kier molecular flexibility index (Phi) is 5.03. The molecule has 1 N–H and O–H groups in total. The summed E-state index contributed by atoms with van der Waals surface area (Å²) in [7, 11) is 2.18. The molecule has 0 bridgehead atoms. The van der Waals surface area contributed by atoms with Crippen molar-refractivity contribution in [1.82, 2.24) is 10.2 Å². The van der Waals surface area contributed by atoms with Crippen LogP contribution in [0, 0.1) is 0 Å². The molecule has 2 fully saturated rings. The molecule has 16 heavy (non-hydrogen) atoms. The zero-order valence-electron chi connectivity index (χ0n) is 10.3. The van der Waals surface area contributed by atoms with Gasteiger partial charge in [-0.15, -0.1) is 0 Å². The second-order valence-electron chi connectivity index (χ2n) is 4.88. The number of rotatable bonds is 5. The molecule has 2 saturated heterocycles.